The number of carboxylic acid groups (broad SMARTS) is 1. The van der Waals surface area contributed by atoms with Crippen LogP contribution in [0.4, 0.5) is 0 Å². The van der Waals surface area contributed by atoms with Gasteiger partial charge in [0.25, 0.3) is 0 Å². The molecule has 1 aliphatic heterocycles. The number of hydrogen-bond donors (Lipinski definition) is 1. The number of carboxylic acids is 1. The normalized spacial score (nSPS) is 22.2. The molecule has 1 fully saturated rings. The van der Waals surface area contributed by atoms with Crippen LogP contribution >= 0.6 is 0 Å². The lowest BCUT2D eigenvalue weighted by molar-refractivity contribution is -0.147. The van der Waals surface area contributed by atoms with Gasteiger partial charge >= 0.3 is 5.97 Å². The molecule has 1 saturated heterocycles. The van der Waals surface area contributed by atoms with E-state index in [1.807, 2.05) is 27.8 Å². The van der Waals surface area contributed by atoms with Crippen LogP contribution in [0.3, 0.4) is 0 Å². The summed E-state index contributed by atoms with van der Waals surface area (Å²) in [7, 11) is 1.85. The Morgan fingerprint density at radius 3 is 2.57 bits per heavy atom. The molecule has 0 aliphatic carbocycles. The first kappa shape index (κ1) is 15.3. The van der Waals surface area contributed by atoms with Gasteiger partial charge in [-0.25, -0.2) is 4.79 Å². The fourth-order valence-electron chi connectivity index (χ4n) is 2.85. The summed E-state index contributed by atoms with van der Waals surface area (Å²) in [6.07, 6.45) is 3.90. The Morgan fingerprint density at radius 2 is 2.05 bits per heavy atom. The third-order valence-corrected chi connectivity index (χ3v) is 4.19. The van der Waals surface area contributed by atoms with E-state index in [2.05, 4.69) is 5.10 Å². The van der Waals surface area contributed by atoms with Crippen molar-refractivity contribution < 1.29 is 14.7 Å². The maximum Gasteiger partial charge on any atom is 0.326 e. The molecule has 0 radical (unpaired) electrons. The van der Waals surface area contributed by atoms with E-state index in [4.69, 9.17) is 0 Å². The maximum absolute atomic E-state index is 12.3. The van der Waals surface area contributed by atoms with Crippen LogP contribution in [-0.2, 0) is 16.6 Å². The lowest BCUT2D eigenvalue weighted by atomic mass is 10.0. The van der Waals surface area contributed by atoms with Crippen LogP contribution in [0.2, 0.25) is 0 Å². The largest absolute Gasteiger partial charge is 0.480 e. The van der Waals surface area contributed by atoms with Crippen molar-refractivity contribution in [2.24, 2.45) is 13.0 Å². The Kier molecular flexibility index (Phi) is 4.16. The van der Waals surface area contributed by atoms with Crippen LogP contribution in [0.25, 0.3) is 6.08 Å². The molecule has 0 spiro atoms. The zero-order chi connectivity index (χ0) is 15.7. The van der Waals surface area contributed by atoms with Crippen LogP contribution in [0.15, 0.2) is 6.08 Å². The zero-order valence-electron chi connectivity index (χ0n) is 12.8. The van der Waals surface area contributed by atoms with Gasteiger partial charge in [-0.15, -0.1) is 0 Å². The number of amides is 1. The third-order valence-electron chi connectivity index (χ3n) is 4.19. The van der Waals surface area contributed by atoms with Gasteiger partial charge in [0, 0.05) is 30.9 Å². The van der Waals surface area contributed by atoms with Gasteiger partial charge in [-0.1, -0.05) is 6.92 Å². The van der Waals surface area contributed by atoms with Gasteiger partial charge in [0.15, 0.2) is 0 Å². The first-order chi connectivity index (χ1) is 9.82. The number of hydrogen-bond acceptors (Lipinski definition) is 3. The molecular formula is C15H21N3O3. The zero-order valence-corrected chi connectivity index (χ0v) is 12.8. The molecule has 1 amide bonds. The van der Waals surface area contributed by atoms with Crippen molar-refractivity contribution in [1.82, 2.24) is 14.7 Å². The lowest BCUT2D eigenvalue weighted by Gasteiger charge is -2.21. The highest BCUT2D eigenvalue weighted by Crippen LogP contribution is 2.24. The average molecular weight is 291 g/mol. The molecule has 0 bridgehead atoms. The minimum atomic E-state index is -0.935. The summed E-state index contributed by atoms with van der Waals surface area (Å²) in [6.45, 7) is 6.18. The molecule has 2 heterocycles. The summed E-state index contributed by atoms with van der Waals surface area (Å²) in [6, 6.07) is -0.724. The van der Waals surface area contributed by atoms with Gasteiger partial charge in [-0.05, 0) is 32.3 Å². The van der Waals surface area contributed by atoms with Crippen LogP contribution in [0, 0.1) is 19.8 Å². The molecule has 6 nitrogen and oxygen atoms in total. The Labute approximate surface area is 124 Å². The van der Waals surface area contributed by atoms with Crippen LogP contribution in [-0.4, -0.2) is 44.3 Å². The molecule has 2 rings (SSSR count). The Hall–Kier alpha value is -2.11. The Morgan fingerprint density at radius 1 is 1.38 bits per heavy atom. The van der Waals surface area contributed by atoms with Crippen molar-refractivity contribution >= 4 is 18.0 Å². The Bertz CT molecular complexity index is 604. The number of aryl methyl sites for hydroxylation is 2. The third kappa shape index (κ3) is 2.84. The molecular weight excluding hydrogens is 270 g/mol. The van der Waals surface area contributed by atoms with E-state index in [-0.39, 0.29) is 11.8 Å². The summed E-state index contributed by atoms with van der Waals surface area (Å²) >= 11 is 0. The van der Waals surface area contributed by atoms with E-state index in [1.54, 1.807) is 10.8 Å². The van der Waals surface area contributed by atoms with Crippen LogP contribution in [0.5, 0.6) is 0 Å². The summed E-state index contributed by atoms with van der Waals surface area (Å²) in [5.41, 5.74) is 2.73. The first-order valence-corrected chi connectivity index (χ1v) is 7.04. The Balaban J connectivity index is 2.18. The lowest BCUT2D eigenvalue weighted by Crippen LogP contribution is -2.42. The number of rotatable bonds is 3. The number of carbonyl (C=O) groups excluding carboxylic acids is 1. The van der Waals surface area contributed by atoms with Crippen molar-refractivity contribution in [2.75, 3.05) is 6.54 Å². The predicted octanol–water partition coefficient (Wildman–Crippen LogP) is 1.37. The highest BCUT2D eigenvalue weighted by Gasteiger charge is 2.38. The molecule has 1 aromatic rings. The van der Waals surface area contributed by atoms with Gasteiger partial charge in [0.1, 0.15) is 6.04 Å². The summed E-state index contributed by atoms with van der Waals surface area (Å²) in [5.74, 6) is -1.20. The van der Waals surface area contributed by atoms with Gasteiger partial charge in [-0.3, -0.25) is 9.48 Å². The van der Waals surface area contributed by atoms with E-state index in [1.165, 1.54) is 11.0 Å². The second kappa shape index (κ2) is 5.71. The van der Waals surface area contributed by atoms with Crippen molar-refractivity contribution in [1.29, 1.82) is 0 Å². The fourth-order valence-corrected chi connectivity index (χ4v) is 2.85. The molecule has 114 valence electrons. The van der Waals surface area contributed by atoms with Crippen molar-refractivity contribution in [2.45, 2.75) is 33.2 Å². The van der Waals surface area contributed by atoms with E-state index >= 15 is 0 Å². The number of carbonyl (C=O) groups is 2. The standard InChI is InChI=1S/C15H21N3O3/c1-9-7-8-18(14(9)15(20)21)13(19)6-5-12-10(2)16-17(4)11(12)3/h5-6,9,14H,7-8H2,1-4H3,(H,20,21)/b6-5+. The van der Waals surface area contributed by atoms with Crippen molar-refractivity contribution in [3.63, 3.8) is 0 Å². The molecule has 21 heavy (non-hydrogen) atoms. The monoisotopic (exact) mass is 291 g/mol. The summed E-state index contributed by atoms with van der Waals surface area (Å²) < 4.78 is 1.76. The molecule has 1 aromatic heterocycles. The van der Waals surface area contributed by atoms with Gasteiger partial charge in [-0.2, -0.15) is 5.10 Å². The first-order valence-electron chi connectivity index (χ1n) is 7.04. The topological polar surface area (TPSA) is 75.4 Å². The number of nitrogens with zero attached hydrogens (tertiary/aromatic N) is 3. The smallest absolute Gasteiger partial charge is 0.326 e. The molecule has 2 atom stereocenters. The molecule has 1 N–H and O–H groups in total. The molecule has 0 aromatic carbocycles. The number of aliphatic carboxylic acids is 1. The fraction of sp³-hybridized carbons (Fsp3) is 0.533. The predicted molar refractivity (Wildman–Crippen MR) is 78.6 cm³/mol. The second-order valence-electron chi connectivity index (χ2n) is 5.62. The van der Waals surface area contributed by atoms with Crippen molar-refractivity contribution in [3.05, 3.63) is 23.0 Å². The van der Waals surface area contributed by atoms with Crippen LogP contribution in [0.1, 0.15) is 30.3 Å². The minimum absolute atomic E-state index is 0.0123. The highest BCUT2D eigenvalue weighted by molar-refractivity contribution is 5.95. The highest BCUT2D eigenvalue weighted by atomic mass is 16.4. The molecule has 6 heteroatoms. The minimum Gasteiger partial charge on any atom is -0.480 e. The van der Waals surface area contributed by atoms with E-state index < -0.39 is 12.0 Å². The SMILES string of the molecule is Cc1nn(C)c(C)c1/C=C/C(=O)N1CCC(C)C1C(=O)O. The second-order valence-corrected chi connectivity index (χ2v) is 5.62. The van der Waals surface area contributed by atoms with Crippen LogP contribution < -0.4 is 0 Å². The molecule has 0 saturated carbocycles. The molecule has 1 aliphatic rings. The molecule has 2 unspecified atom stereocenters. The summed E-state index contributed by atoms with van der Waals surface area (Å²) in [4.78, 5) is 25.0. The van der Waals surface area contributed by atoms with Gasteiger partial charge < -0.3 is 10.0 Å². The number of likely N-dealkylation sites (tertiary alicyclic amines) is 1. The average Bonchev–Trinajstić information content (AvgIpc) is 2.89. The van der Waals surface area contributed by atoms with E-state index in [0.29, 0.717) is 6.54 Å². The summed E-state index contributed by atoms with van der Waals surface area (Å²) in [5, 5.41) is 13.5. The van der Waals surface area contributed by atoms with Gasteiger partial charge in [0.05, 0.1) is 5.69 Å². The van der Waals surface area contributed by atoms with Crippen molar-refractivity contribution in [3.8, 4) is 0 Å². The maximum atomic E-state index is 12.3. The number of aromatic nitrogens is 2. The van der Waals surface area contributed by atoms with Gasteiger partial charge in [0.2, 0.25) is 5.91 Å². The van der Waals surface area contributed by atoms with E-state index in [9.17, 15) is 14.7 Å². The quantitative estimate of drug-likeness (QED) is 0.853. The van der Waals surface area contributed by atoms with E-state index in [0.717, 1.165) is 23.4 Å².